The molecule has 104 valence electrons. The van der Waals surface area contributed by atoms with Gasteiger partial charge in [0, 0.05) is 38.1 Å². The third-order valence-electron chi connectivity index (χ3n) is 3.25. The zero-order valence-electron chi connectivity index (χ0n) is 11.3. The van der Waals surface area contributed by atoms with Crippen LogP contribution in [0.1, 0.15) is 17.4 Å². The summed E-state index contributed by atoms with van der Waals surface area (Å²) in [6.07, 6.45) is 1.67. The minimum absolute atomic E-state index is 0.0111. The normalized spacial score (nSPS) is 21.0. The third-order valence-corrected chi connectivity index (χ3v) is 3.25. The monoisotopic (exact) mass is 264 g/mol. The summed E-state index contributed by atoms with van der Waals surface area (Å²) in [6, 6.07) is 3.68. The number of ether oxygens (including phenoxy) is 1. The Hall–Kier alpha value is -1.66. The lowest BCUT2D eigenvalue weighted by atomic mass is 10.1. The van der Waals surface area contributed by atoms with Gasteiger partial charge in [-0.05, 0) is 19.1 Å². The molecule has 1 saturated heterocycles. The van der Waals surface area contributed by atoms with Crippen LogP contribution < -0.4 is 16.0 Å². The van der Waals surface area contributed by atoms with Crippen molar-refractivity contribution in [3.8, 4) is 0 Å². The van der Waals surface area contributed by atoms with E-state index < -0.39 is 0 Å². The topological polar surface area (TPSA) is 80.5 Å². The first-order valence-electron chi connectivity index (χ1n) is 6.42. The van der Waals surface area contributed by atoms with Crippen LogP contribution in [0, 0.1) is 0 Å². The number of hydrogen-bond donors (Lipinski definition) is 2. The summed E-state index contributed by atoms with van der Waals surface area (Å²) in [4.78, 5) is 17.8. The molecule has 0 radical (unpaired) electrons. The molecule has 0 aromatic carbocycles. The molecule has 19 heavy (non-hydrogen) atoms. The van der Waals surface area contributed by atoms with Gasteiger partial charge in [-0.15, -0.1) is 0 Å². The maximum atomic E-state index is 11.6. The van der Waals surface area contributed by atoms with E-state index in [0.29, 0.717) is 12.3 Å². The van der Waals surface area contributed by atoms with Crippen LogP contribution in [-0.2, 0) is 4.74 Å². The maximum Gasteiger partial charge on any atom is 0.269 e. The molecule has 2 heterocycles. The molecule has 1 aliphatic rings. The first-order chi connectivity index (χ1) is 9.11. The van der Waals surface area contributed by atoms with Crippen molar-refractivity contribution in [3.05, 3.63) is 24.0 Å². The van der Waals surface area contributed by atoms with Crippen LogP contribution in [0.2, 0.25) is 0 Å². The molecule has 1 aromatic rings. The third kappa shape index (κ3) is 3.21. The minimum atomic E-state index is -0.182. The number of anilines is 1. The Morgan fingerprint density at radius 2 is 2.47 bits per heavy atom. The van der Waals surface area contributed by atoms with Crippen molar-refractivity contribution in [3.63, 3.8) is 0 Å². The number of aromatic nitrogens is 1. The molecular weight excluding hydrogens is 244 g/mol. The van der Waals surface area contributed by atoms with Crippen molar-refractivity contribution < 1.29 is 9.53 Å². The SMILES string of the molecule is CNC(=O)c1cc(N2CCOC(C(C)N)C2)ccn1. The number of carbonyl (C=O) groups excluding carboxylic acids is 1. The molecule has 0 saturated carbocycles. The van der Waals surface area contributed by atoms with E-state index in [4.69, 9.17) is 10.5 Å². The Bertz CT molecular complexity index is 450. The van der Waals surface area contributed by atoms with E-state index in [1.165, 1.54) is 0 Å². The second-order valence-corrected chi connectivity index (χ2v) is 4.69. The molecule has 1 fully saturated rings. The van der Waals surface area contributed by atoms with Crippen LogP contribution in [-0.4, -0.2) is 49.8 Å². The molecule has 0 bridgehead atoms. The highest BCUT2D eigenvalue weighted by molar-refractivity contribution is 5.92. The van der Waals surface area contributed by atoms with Gasteiger partial charge in [-0.2, -0.15) is 0 Å². The number of amides is 1. The summed E-state index contributed by atoms with van der Waals surface area (Å²) in [7, 11) is 1.59. The molecule has 1 amide bonds. The molecule has 3 N–H and O–H groups in total. The van der Waals surface area contributed by atoms with E-state index in [9.17, 15) is 4.79 Å². The highest BCUT2D eigenvalue weighted by atomic mass is 16.5. The predicted octanol–water partition coefficient (Wildman–Crippen LogP) is -0.00640. The molecule has 1 aromatic heterocycles. The van der Waals surface area contributed by atoms with E-state index >= 15 is 0 Å². The smallest absolute Gasteiger partial charge is 0.269 e. The first-order valence-corrected chi connectivity index (χ1v) is 6.42. The van der Waals surface area contributed by atoms with E-state index in [1.54, 1.807) is 19.3 Å². The quantitative estimate of drug-likeness (QED) is 0.803. The summed E-state index contributed by atoms with van der Waals surface area (Å²) < 4.78 is 5.63. The highest BCUT2D eigenvalue weighted by Crippen LogP contribution is 2.19. The Kier molecular flexibility index (Phi) is 4.34. The summed E-state index contributed by atoms with van der Waals surface area (Å²) in [6.45, 7) is 4.11. The van der Waals surface area contributed by atoms with Gasteiger partial charge in [-0.1, -0.05) is 0 Å². The summed E-state index contributed by atoms with van der Waals surface area (Å²) in [5, 5.41) is 2.57. The van der Waals surface area contributed by atoms with Crippen LogP contribution >= 0.6 is 0 Å². The molecule has 0 aliphatic carbocycles. The second-order valence-electron chi connectivity index (χ2n) is 4.69. The average molecular weight is 264 g/mol. The Morgan fingerprint density at radius 3 is 3.16 bits per heavy atom. The largest absolute Gasteiger partial charge is 0.373 e. The number of nitrogens with one attached hydrogen (secondary N) is 1. The number of hydrogen-bond acceptors (Lipinski definition) is 5. The van der Waals surface area contributed by atoms with Crippen molar-refractivity contribution in [2.45, 2.75) is 19.1 Å². The van der Waals surface area contributed by atoms with Crippen molar-refractivity contribution in [1.29, 1.82) is 0 Å². The lowest BCUT2D eigenvalue weighted by molar-refractivity contribution is 0.0276. The zero-order chi connectivity index (χ0) is 13.8. The van der Waals surface area contributed by atoms with Crippen LogP contribution in [0.25, 0.3) is 0 Å². The van der Waals surface area contributed by atoms with Gasteiger partial charge >= 0.3 is 0 Å². The van der Waals surface area contributed by atoms with Gasteiger partial charge in [-0.25, -0.2) is 0 Å². The zero-order valence-corrected chi connectivity index (χ0v) is 11.3. The van der Waals surface area contributed by atoms with Gasteiger partial charge in [0.2, 0.25) is 0 Å². The number of nitrogens with two attached hydrogens (primary N) is 1. The fourth-order valence-corrected chi connectivity index (χ4v) is 2.10. The van der Waals surface area contributed by atoms with Crippen LogP contribution in [0.15, 0.2) is 18.3 Å². The predicted molar refractivity (Wildman–Crippen MR) is 73.2 cm³/mol. The number of nitrogens with zero attached hydrogens (tertiary/aromatic N) is 2. The van der Waals surface area contributed by atoms with Crippen molar-refractivity contribution in [2.75, 3.05) is 31.6 Å². The summed E-state index contributed by atoms with van der Waals surface area (Å²) in [5.74, 6) is -0.182. The molecule has 1 aliphatic heterocycles. The number of carbonyl (C=O) groups is 1. The number of pyridine rings is 1. The van der Waals surface area contributed by atoms with Gasteiger partial charge in [0.05, 0.1) is 12.7 Å². The molecular formula is C13H20N4O2. The number of rotatable bonds is 3. The Balaban J connectivity index is 2.15. The average Bonchev–Trinajstić information content (AvgIpc) is 2.46. The lowest BCUT2D eigenvalue weighted by Gasteiger charge is -2.36. The van der Waals surface area contributed by atoms with E-state index in [1.807, 2.05) is 13.0 Å². The Labute approximate surface area is 112 Å². The van der Waals surface area contributed by atoms with Crippen LogP contribution in [0.5, 0.6) is 0 Å². The maximum absolute atomic E-state index is 11.6. The molecule has 2 atom stereocenters. The van der Waals surface area contributed by atoms with Gasteiger partial charge < -0.3 is 20.7 Å². The fraction of sp³-hybridized carbons (Fsp3) is 0.538. The van der Waals surface area contributed by atoms with E-state index in [2.05, 4.69) is 15.2 Å². The molecule has 2 unspecified atom stereocenters. The van der Waals surface area contributed by atoms with Crippen molar-refractivity contribution in [2.24, 2.45) is 5.73 Å². The Morgan fingerprint density at radius 1 is 1.68 bits per heavy atom. The van der Waals surface area contributed by atoms with Gasteiger partial charge in [0.1, 0.15) is 5.69 Å². The molecule has 6 nitrogen and oxygen atoms in total. The highest BCUT2D eigenvalue weighted by Gasteiger charge is 2.24. The standard InChI is InChI=1S/C13H20N4O2/c1-9(14)12-8-17(5-6-19-12)10-3-4-16-11(7-10)13(18)15-2/h3-4,7,9,12H,5-6,8,14H2,1-2H3,(H,15,18). The minimum Gasteiger partial charge on any atom is -0.373 e. The van der Waals surface area contributed by atoms with Crippen molar-refractivity contribution in [1.82, 2.24) is 10.3 Å². The van der Waals surface area contributed by atoms with Gasteiger partial charge in [0.15, 0.2) is 0 Å². The van der Waals surface area contributed by atoms with Gasteiger partial charge in [0.25, 0.3) is 5.91 Å². The van der Waals surface area contributed by atoms with E-state index in [0.717, 1.165) is 18.8 Å². The fourth-order valence-electron chi connectivity index (χ4n) is 2.10. The lowest BCUT2D eigenvalue weighted by Crippen LogP contribution is -2.49. The molecule has 0 spiro atoms. The first kappa shape index (κ1) is 13.8. The van der Waals surface area contributed by atoms with Crippen LogP contribution in [0.4, 0.5) is 5.69 Å². The van der Waals surface area contributed by atoms with E-state index in [-0.39, 0.29) is 18.1 Å². The summed E-state index contributed by atoms with van der Waals surface area (Å²) >= 11 is 0. The van der Waals surface area contributed by atoms with Gasteiger partial charge in [-0.3, -0.25) is 9.78 Å². The number of morpholine rings is 1. The molecule has 2 rings (SSSR count). The van der Waals surface area contributed by atoms with Crippen molar-refractivity contribution >= 4 is 11.6 Å². The summed E-state index contributed by atoms with van der Waals surface area (Å²) in [5.41, 5.74) is 7.27. The second kappa shape index (κ2) is 5.99. The molecule has 6 heteroatoms. The van der Waals surface area contributed by atoms with Crippen LogP contribution in [0.3, 0.4) is 0 Å².